The first-order valence-corrected chi connectivity index (χ1v) is 11.9. The Kier molecular flexibility index (Phi) is 7.15. The predicted molar refractivity (Wildman–Crippen MR) is 132 cm³/mol. The molecular weight excluding hydrogens is 490 g/mol. The topological polar surface area (TPSA) is 55.0 Å². The summed E-state index contributed by atoms with van der Waals surface area (Å²) in [7, 11) is 1.65. The molecule has 0 aliphatic carbocycles. The molecule has 0 amide bonds. The van der Waals surface area contributed by atoms with Crippen molar-refractivity contribution in [2.45, 2.75) is 51.7 Å². The average molecular weight is 518 g/mol. The number of halogens is 4. The van der Waals surface area contributed by atoms with Crippen molar-refractivity contribution in [3.8, 4) is 5.75 Å². The molecule has 196 valence electrons. The van der Waals surface area contributed by atoms with Crippen molar-refractivity contribution in [3.63, 3.8) is 0 Å². The van der Waals surface area contributed by atoms with Gasteiger partial charge in [0.05, 0.1) is 11.2 Å². The normalized spacial score (nSPS) is 19.6. The van der Waals surface area contributed by atoms with Crippen LogP contribution in [0.15, 0.2) is 41.2 Å². The molecule has 0 radical (unpaired) electrons. The van der Waals surface area contributed by atoms with Crippen molar-refractivity contribution in [2.24, 2.45) is 7.05 Å². The Morgan fingerprint density at radius 2 is 1.89 bits per heavy atom. The first-order valence-electron chi connectivity index (χ1n) is 11.9. The molecule has 11 heteroatoms. The van der Waals surface area contributed by atoms with E-state index < -0.39 is 24.0 Å². The van der Waals surface area contributed by atoms with E-state index in [1.54, 1.807) is 19.2 Å². The van der Waals surface area contributed by atoms with Crippen LogP contribution in [-0.2, 0) is 7.05 Å². The maximum Gasteiger partial charge on any atom is 0.573 e. The third kappa shape index (κ3) is 5.25. The van der Waals surface area contributed by atoms with Crippen LogP contribution in [0.2, 0.25) is 0 Å². The number of ether oxygens (including phenoxy) is 1. The molecule has 2 aromatic heterocycles. The molecule has 1 aromatic carbocycles. The van der Waals surface area contributed by atoms with Gasteiger partial charge in [-0.25, -0.2) is 4.39 Å². The molecule has 0 N–H and O–H groups in total. The van der Waals surface area contributed by atoms with Crippen molar-refractivity contribution in [1.29, 1.82) is 0 Å². The summed E-state index contributed by atoms with van der Waals surface area (Å²) in [6, 6.07) is 7.10. The molecule has 1 aliphatic heterocycles. The van der Waals surface area contributed by atoms with Crippen molar-refractivity contribution >= 4 is 22.5 Å². The average Bonchev–Trinajstić information content (AvgIpc) is 2.84. The first kappa shape index (κ1) is 26.4. The van der Waals surface area contributed by atoms with E-state index >= 15 is 0 Å². The molecule has 1 fully saturated rings. The number of piperazine rings is 1. The highest BCUT2D eigenvalue weighted by Gasteiger charge is 2.37. The zero-order chi connectivity index (χ0) is 27.1. The van der Waals surface area contributed by atoms with E-state index in [0.29, 0.717) is 36.2 Å². The van der Waals surface area contributed by atoms with Gasteiger partial charge in [0, 0.05) is 49.9 Å². The number of aryl methyl sites for hydroxylation is 1. The van der Waals surface area contributed by atoms with Crippen LogP contribution in [0.25, 0.3) is 15.9 Å². The van der Waals surface area contributed by atoms with Crippen LogP contribution in [0, 0.1) is 12.4 Å². The summed E-state index contributed by atoms with van der Waals surface area (Å²) in [6.45, 7) is 14.0. The van der Waals surface area contributed by atoms with Gasteiger partial charge < -0.3 is 19.0 Å². The monoisotopic (exact) mass is 517 g/mol. The molecule has 1 unspecified atom stereocenters. The number of aromatic nitrogens is 2. The van der Waals surface area contributed by atoms with E-state index in [9.17, 15) is 22.4 Å². The summed E-state index contributed by atoms with van der Waals surface area (Å²) in [4.78, 5) is 24.7. The Hall–Kier alpha value is -3.65. The van der Waals surface area contributed by atoms with Crippen LogP contribution < -0.4 is 15.2 Å². The first-order chi connectivity index (χ1) is 17.4. The highest BCUT2D eigenvalue weighted by atomic mass is 19.4. The fraction of sp³-hybridized carbons (Fsp3) is 0.423. The molecule has 3 atom stereocenters. The molecule has 1 aliphatic rings. The minimum absolute atomic E-state index is 0.138. The van der Waals surface area contributed by atoms with Crippen LogP contribution in [-0.4, -0.2) is 46.0 Å². The van der Waals surface area contributed by atoms with Crippen molar-refractivity contribution in [1.82, 2.24) is 14.5 Å². The van der Waals surface area contributed by atoms with E-state index in [0.717, 1.165) is 18.2 Å². The number of hydrogen-bond donors (Lipinski definition) is 0. The van der Waals surface area contributed by atoms with Gasteiger partial charge in [0.2, 0.25) is 5.52 Å². The SMILES string of the molecule is [C-]#[N+]c1ccc2c(n1)c(N1C[C@@H](C)N(C(CC)c3cc(OC(F)(F)F)ccc3F)C[C@@H]1C)cc(=O)n2C. The zero-order valence-electron chi connectivity index (χ0n) is 20.9. The molecule has 0 saturated carbocycles. The Balaban J connectivity index is 1.69. The number of fused-ring (bicyclic) bond motifs is 1. The second kappa shape index (κ2) is 10.0. The molecular formula is C26H27F4N5O2. The van der Waals surface area contributed by atoms with E-state index in [1.807, 2.05) is 20.8 Å². The largest absolute Gasteiger partial charge is 0.573 e. The van der Waals surface area contributed by atoms with Gasteiger partial charge in [-0.15, -0.1) is 18.2 Å². The summed E-state index contributed by atoms with van der Waals surface area (Å²) in [5.41, 5.74) is 1.68. The van der Waals surface area contributed by atoms with Gasteiger partial charge in [-0.1, -0.05) is 13.5 Å². The number of alkyl halides is 3. The summed E-state index contributed by atoms with van der Waals surface area (Å²) in [5.74, 6) is -0.846. The fourth-order valence-electron chi connectivity index (χ4n) is 5.11. The molecule has 0 bridgehead atoms. The summed E-state index contributed by atoms with van der Waals surface area (Å²) in [5, 5.41) is 0. The van der Waals surface area contributed by atoms with Crippen LogP contribution in [0.1, 0.15) is 38.8 Å². The number of rotatable bonds is 5. The molecule has 3 aromatic rings. The lowest BCUT2D eigenvalue weighted by molar-refractivity contribution is -0.274. The highest BCUT2D eigenvalue weighted by molar-refractivity contribution is 5.89. The molecule has 37 heavy (non-hydrogen) atoms. The van der Waals surface area contributed by atoms with E-state index in [-0.39, 0.29) is 29.0 Å². The summed E-state index contributed by atoms with van der Waals surface area (Å²) >= 11 is 0. The van der Waals surface area contributed by atoms with Crippen molar-refractivity contribution < 1.29 is 22.3 Å². The predicted octanol–water partition coefficient (Wildman–Crippen LogP) is 5.57. The van der Waals surface area contributed by atoms with Crippen molar-refractivity contribution in [3.05, 3.63) is 69.5 Å². The third-order valence-electron chi connectivity index (χ3n) is 6.86. The summed E-state index contributed by atoms with van der Waals surface area (Å²) < 4.78 is 58.6. The van der Waals surface area contributed by atoms with Gasteiger partial charge in [-0.3, -0.25) is 9.69 Å². The number of nitrogens with zero attached hydrogens (tertiary/aromatic N) is 5. The minimum Gasteiger partial charge on any atom is -0.406 e. The molecule has 4 rings (SSSR count). The quantitative estimate of drug-likeness (QED) is 0.327. The number of anilines is 1. The van der Waals surface area contributed by atoms with Crippen LogP contribution in [0.3, 0.4) is 0 Å². The van der Waals surface area contributed by atoms with Gasteiger partial charge in [0.25, 0.3) is 11.4 Å². The number of hydrogen-bond acceptors (Lipinski definition) is 5. The smallest absolute Gasteiger partial charge is 0.406 e. The fourth-order valence-corrected chi connectivity index (χ4v) is 5.11. The van der Waals surface area contributed by atoms with Gasteiger partial charge in [0.1, 0.15) is 11.6 Å². The van der Waals surface area contributed by atoms with E-state index in [2.05, 4.69) is 24.4 Å². The lowest BCUT2D eigenvalue weighted by Crippen LogP contribution is -2.57. The maximum atomic E-state index is 14.8. The Bertz CT molecular complexity index is 1420. The maximum absolute atomic E-state index is 14.8. The highest BCUT2D eigenvalue weighted by Crippen LogP contribution is 2.36. The Labute approximate surface area is 211 Å². The molecule has 0 spiro atoms. The van der Waals surface area contributed by atoms with Crippen molar-refractivity contribution in [2.75, 3.05) is 18.0 Å². The Morgan fingerprint density at radius 3 is 2.54 bits per heavy atom. The van der Waals surface area contributed by atoms with Crippen LogP contribution in [0.4, 0.5) is 29.1 Å². The van der Waals surface area contributed by atoms with Crippen LogP contribution >= 0.6 is 0 Å². The second-order valence-corrected chi connectivity index (χ2v) is 9.28. The van der Waals surface area contributed by atoms with Gasteiger partial charge in [0.15, 0.2) is 0 Å². The van der Waals surface area contributed by atoms with Gasteiger partial charge in [-0.05, 0) is 50.6 Å². The Morgan fingerprint density at radius 1 is 1.16 bits per heavy atom. The molecule has 3 heterocycles. The standard InChI is InChI=1S/C26H27F4N5O2/c1-6-20(18-11-17(7-8-19(18)27)37-26(28,29)30)34-13-16(3)35(14-15(34)2)22-12-24(36)33(5)21-9-10-23(31-4)32-25(21)22/h7-12,15-16,20H,6,13-14H2,1-3,5H3/t15-,16+,20?/m1/s1. The van der Waals surface area contributed by atoms with E-state index in [1.165, 1.54) is 10.6 Å². The van der Waals surface area contributed by atoms with E-state index in [4.69, 9.17) is 6.57 Å². The third-order valence-corrected chi connectivity index (χ3v) is 6.86. The number of pyridine rings is 2. The van der Waals surface area contributed by atoms with Gasteiger partial charge >= 0.3 is 6.36 Å². The molecule has 7 nitrogen and oxygen atoms in total. The summed E-state index contributed by atoms with van der Waals surface area (Å²) in [6.07, 6.45) is -4.41. The van der Waals surface area contributed by atoms with Crippen LogP contribution in [0.5, 0.6) is 5.75 Å². The second-order valence-electron chi connectivity index (χ2n) is 9.28. The lowest BCUT2D eigenvalue weighted by Gasteiger charge is -2.48. The molecule has 1 saturated heterocycles. The zero-order valence-corrected chi connectivity index (χ0v) is 20.9. The number of benzene rings is 1. The van der Waals surface area contributed by atoms with Gasteiger partial charge in [-0.2, -0.15) is 0 Å². The minimum atomic E-state index is -4.87. The lowest BCUT2D eigenvalue weighted by atomic mass is 9.96.